The van der Waals surface area contributed by atoms with Gasteiger partial charge >= 0.3 is 0 Å². The third-order valence-electron chi connectivity index (χ3n) is 2.28. The molecule has 1 heterocycles. The third kappa shape index (κ3) is 3.23. The number of aromatic nitrogens is 1. The molecule has 0 radical (unpaired) electrons. The molecule has 0 fully saturated rings. The predicted octanol–water partition coefficient (Wildman–Crippen LogP) is 2.55. The van der Waals surface area contributed by atoms with Gasteiger partial charge in [-0.05, 0) is 30.3 Å². The smallest absolute Gasteiger partial charge is 0.263 e. The standard InChI is InChI=1S/C12H7ClFN3O2S/c13-8-3-9(14)5-11(4-8)17-20(18,19)12-2-1-10(6-15)16-7-12/h1-5,7,17H. The van der Waals surface area contributed by atoms with Gasteiger partial charge in [0.05, 0.1) is 5.69 Å². The van der Waals surface area contributed by atoms with Gasteiger partial charge in [0, 0.05) is 11.2 Å². The zero-order valence-electron chi connectivity index (χ0n) is 9.84. The summed E-state index contributed by atoms with van der Waals surface area (Å²) in [5.74, 6) is -0.659. The molecular weight excluding hydrogens is 305 g/mol. The first kappa shape index (κ1) is 14.2. The number of nitriles is 1. The summed E-state index contributed by atoms with van der Waals surface area (Å²) in [6, 6.07) is 7.61. The Balaban J connectivity index is 2.33. The summed E-state index contributed by atoms with van der Waals surface area (Å²) in [6.45, 7) is 0. The second-order valence-electron chi connectivity index (χ2n) is 3.75. The van der Waals surface area contributed by atoms with Crippen molar-refractivity contribution in [2.75, 3.05) is 4.72 Å². The summed E-state index contributed by atoms with van der Waals surface area (Å²) < 4.78 is 39.4. The van der Waals surface area contributed by atoms with Gasteiger partial charge in [-0.25, -0.2) is 17.8 Å². The predicted molar refractivity (Wildman–Crippen MR) is 71.2 cm³/mol. The molecule has 20 heavy (non-hydrogen) atoms. The van der Waals surface area contributed by atoms with Crippen LogP contribution in [0.15, 0.2) is 41.4 Å². The second-order valence-corrected chi connectivity index (χ2v) is 5.87. The molecule has 0 bridgehead atoms. The van der Waals surface area contributed by atoms with Gasteiger partial charge in [0.2, 0.25) is 0 Å². The van der Waals surface area contributed by atoms with Crippen LogP contribution in [-0.2, 0) is 10.0 Å². The fourth-order valence-corrected chi connectivity index (χ4v) is 2.64. The van der Waals surface area contributed by atoms with Crippen molar-refractivity contribution in [3.05, 3.63) is 53.1 Å². The maximum absolute atomic E-state index is 13.1. The molecule has 102 valence electrons. The fourth-order valence-electron chi connectivity index (χ4n) is 1.43. The first-order valence-corrected chi connectivity index (χ1v) is 7.12. The lowest BCUT2D eigenvalue weighted by Gasteiger charge is -2.08. The van der Waals surface area contributed by atoms with Gasteiger partial charge in [-0.15, -0.1) is 0 Å². The molecule has 1 aromatic heterocycles. The molecule has 0 unspecified atom stereocenters. The molecule has 0 atom stereocenters. The van der Waals surface area contributed by atoms with E-state index in [-0.39, 0.29) is 21.3 Å². The maximum atomic E-state index is 13.1. The molecule has 1 N–H and O–H groups in total. The molecule has 2 aromatic rings. The number of anilines is 1. The number of nitrogens with zero attached hydrogens (tertiary/aromatic N) is 2. The van der Waals surface area contributed by atoms with Crippen LogP contribution in [0.25, 0.3) is 0 Å². The van der Waals surface area contributed by atoms with Crippen LogP contribution in [0, 0.1) is 17.1 Å². The lowest BCUT2D eigenvalue weighted by atomic mass is 10.3. The van der Waals surface area contributed by atoms with E-state index in [1.807, 2.05) is 0 Å². The summed E-state index contributed by atoms with van der Waals surface area (Å²) in [5, 5.41) is 8.66. The Labute approximate surface area is 119 Å². The van der Waals surface area contributed by atoms with Crippen molar-refractivity contribution in [3.8, 4) is 6.07 Å². The van der Waals surface area contributed by atoms with Crippen LogP contribution in [0.5, 0.6) is 0 Å². The van der Waals surface area contributed by atoms with Crippen molar-refractivity contribution in [1.82, 2.24) is 4.98 Å². The maximum Gasteiger partial charge on any atom is 0.263 e. The van der Waals surface area contributed by atoms with E-state index in [2.05, 4.69) is 9.71 Å². The van der Waals surface area contributed by atoms with Gasteiger partial charge in [-0.2, -0.15) is 5.26 Å². The van der Waals surface area contributed by atoms with Crippen LogP contribution in [-0.4, -0.2) is 13.4 Å². The molecule has 0 aliphatic heterocycles. The molecule has 5 nitrogen and oxygen atoms in total. The highest BCUT2D eigenvalue weighted by atomic mass is 35.5. The Bertz CT molecular complexity index is 765. The number of nitrogens with one attached hydrogen (secondary N) is 1. The lowest BCUT2D eigenvalue weighted by molar-refractivity contribution is 0.600. The highest BCUT2D eigenvalue weighted by molar-refractivity contribution is 7.92. The Hall–Kier alpha value is -2.17. The highest BCUT2D eigenvalue weighted by Crippen LogP contribution is 2.21. The Morgan fingerprint density at radius 2 is 2.05 bits per heavy atom. The van der Waals surface area contributed by atoms with E-state index >= 15 is 0 Å². The molecular formula is C12H7ClFN3O2S. The number of rotatable bonds is 3. The molecule has 1 aromatic carbocycles. The largest absolute Gasteiger partial charge is 0.279 e. The number of benzene rings is 1. The van der Waals surface area contributed by atoms with Crippen LogP contribution >= 0.6 is 11.6 Å². The van der Waals surface area contributed by atoms with Crippen molar-refractivity contribution < 1.29 is 12.8 Å². The first-order chi connectivity index (χ1) is 9.40. The minimum atomic E-state index is -3.92. The quantitative estimate of drug-likeness (QED) is 0.944. The average Bonchev–Trinajstić information content (AvgIpc) is 2.37. The van der Waals surface area contributed by atoms with Crippen LogP contribution in [0.1, 0.15) is 5.69 Å². The molecule has 0 saturated carbocycles. The number of pyridine rings is 1. The van der Waals surface area contributed by atoms with Gasteiger partial charge < -0.3 is 0 Å². The minimum Gasteiger partial charge on any atom is -0.279 e. The van der Waals surface area contributed by atoms with Gasteiger partial charge in [0.15, 0.2) is 0 Å². The summed E-state index contributed by atoms with van der Waals surface area (Å²) in [6.07, 6.45) is 1.04. The van der Waals surface area contributed by atoms with E-state index in [0.717, 1.165) is 18.3 Å². The number of hydrogen-bond acceptors (Lipinski definition) is 4. The average molecular weight is 312 g/mol. The van der Waals surface area contributed by atoms with Crippen LogP contribution in [0.2, 0.25) is 5.02 Å². The van der Waals surface area contributed by atoms with Crippen molar-refractivity contribution in [2.45, 2.75) is 4.90 Å². The molecule has 0 aliphatic rings. The monoisotopic (exact) mass is 311 g/mol. The topological polar surface area (TPSA) is 82.8 Å². The summed E-state index contributed by atoms with van der Waals surface area (Å²) in [4.78, 5) is 3.52. The van der Waals surface area contributed by atoms with Gasteiger partial charge in [0.25, 0.3) is 10.0 Å². The van der Waals surface area contributed by atoms with Crippen molar-refractivity contribution in [3.63, 3.8) is 0 Å². The molecule has 8 heteroatoms. The highest BCUT2D eigenvalue weighted by Gasteiger charge is 2.15. The minimum absolute atomic E-state index is 0.000593. The zero-order valence-corrected chi connectivity index (χ0v) is 11.4. The Morgan fingerprint density at radius 1 is 1.30 bits per heavy atom. The van der Waals surface area contributed by atoms with E-state index in [4.69, 9.17) is 16.9 Å². The van der Waals surface area contributed by atoms with Crippen LogP contribution < -0.4 is 4.72 Å². The molecule has 0 spiro atoms. The zero-order chi connectivity index (χ0) is 14.8. The van der Waals surface area contributed by atoms with Crippen LogP contribution in [0.3, 0.4) is 0 Å². The Kier molecular flexibility index (Phi) is 3.88. The molecule has 0 amide bonds. The van der Waals surface area contributed by atoms with Crippen LogP contribution in [0.4, 0.5) is 10.1 Å². The molecule has 0 saturated heterocycles. The molecule has 2 rings (SSSR count). The van der Waals surface area contributed by atoms with E-state index in [0.29, 0.717) is 0 Å². The summed E-state index contributed by atoms with van der Waals surface area (Å²) in [7, 11) is -3.92. The Morgan fingerprint density at radius 3 is 2.60 bits per heavy atom. The van der Waals surface area contributed by atoms with Crippen molar-refractivity contribution in [2.24, 2.45) is 0 Å². The third-order valence-corrected chi connectivity index (χ3v) is 3.86. The van der Waals surface area contributed by atoms with Crippen molar-refractivity contribution >= 4 is 27.3 Å². The fraction of sp³-hybridized carbons (Fsp3) is 0. The second kappa shape index (κ2) is 5.45. The summed E-state index contributed by atoms with van der Waals surface area (Å²) in [5.41, 5.74) is 0.0945. The summed E-state index contributed by atoms with van der Waals surface area (Å²) >= 11 is 5.64. The van der Waals surface area contributed by atoms with E-state index in [1.54, 1.807) is 6.07 Å². The number of sulfonamides is 1. The van der Waals surface area contributed by atoms with Crippen molar-refractivity contribution in [1.29, 1.82) is 5.26 Å². The van der Waals surface area contributed by atoms with Gasteiger partial charge in [-0.3, -0.25) is 4.72 Å². The van der Waals surface area contributed by atoms with Gasteiger partial charge in [0.1, 0.15) is 22.5 Å². The SMILES string of the molecule is N#Cc1ccc(S(=O)(=O)Nc2cc(F)cc(Cl)c2)cn1. The number of hydrogen-bond donors (Lipinski definition) is 1. The van der Waals surface area contributed by atoms with E-state index < -0.39 is 15.8 Å². The number of halogens is 2. The lowest BCUT2D eigenvalue weighted by Crippen LogP contribution is -2.13. The van der Waals surface area contributed by atoms with E-state index in [9.17, 15) is 12.8 Å². The normalized spacial score (nSPS) is 10.8. The first-order valence-electron chi connectivity index (χ1n) is 5.26. The van der Waals surface area contributed by atoms with Gasteiger partial charge in [-0.1, -0.05) is 11.6 Å². The van der Waals surface area contributed by atoms with E-state index in [1.165, 1.54) is 18.2 Å². The molecule has 0 aliphatic carbocycles.